The molecule has 0 aliphatic heterocycles. The first-order valence-electron chi connectivity index (χ1n) is 11.1. The molecular weight excluding hydrogens is 384 g/mol. The smallest absolute Gasteiger partial charge is 0.115 e. The molecule has 3 heterocycles. The van der Waals surface area contributed by atoms with Crippen molar-refractivity contribution in [1.29, 1.82) is 0 Å². The first-order chi connectivity index (χ1) is 15.1. The Morgan fingerprint density at radius 2 is 2.00 bits per heavy atom. The largest absolute Gasteiger partial charge is 0.336 e. The Kier molecular flexibility index (Phi) is 5.14. The minimum absolute atomic E-state index is 0.532. The Bertz CT molecular complexity index is 1200. The minimum Gasteiger partial charge on any atom is -0.336 e. The molecule has 0 amide bonds. The highest BCUT2D eigenvalue weighted by Gasteiger charge is 2.21. The fourth-order valence-corrected chi connectivity index (χ4v) is 4.61. The molecule has 0 saturated heterocycles. The third kappa shape index (κ3) is 3.90. The topological polar surface area (TPSA) is 72.3 Å². The number of rotatable bonds is 5. The summed E-state index contributed by atoms with van der Waals surface area (Å²) in [6, 6.07) is 11.1. The Morgan fingerprint density at radius 1 is 1.10 bits per heavy atom. The van der Waals surface area contributed by atoms with Crippen LogP contribution in [0.25, 0.3) is 22.6 Å². The van der Waals surface area contributed by atoms with E-state index in [4.69, 9.17) is 0 Å². The number of pyridine rings is 1. The summed E-state index contributed by atoms with van der Waals surface area (Å²) in [7, 11) is 0. The number of hydrogen-bond donors (Lipinski definition) is 1. The first-order valence-corrected chi connectivity index (χ1v) is 11.1. The van der Waals surface area contributed by atoms with Crippen LogP contribution in [-0.2, 0) is 13.0 Å². The zero-order valence-corrected chi connectivity index (χ0v) is 18.3. The van der Waals surface area contributed by atoms with Crippen LogP contribution in [0.2, 0.25) is 0 Å². The predicted molar refractivity (Wildman–Crippen MR) is 122 cm³/mol. The molecule has 31 heavy (non-hydrogen) atoms. The SMILES string of the molecule is Cc1n[nH]nc1-c1ccnc(-c2cn(C[C@@H]3CCCc4cc(C(C)C)ccc43)cn2)c1. The standard InChI is InChI=1S/C25H28N6/c1-16(2)18-7-8-22-19(11-18)5-4-6-21(22)13-31-14-24(27-15-31)23-12-20(9-10-26-23)25-17(3)28-30-29-25/h7-12,14-16,21H,4-6,13H2,1-3H3,(H,28,29,30)/t21-/m0/s1. The molecule has 6 heteroatoms. The maximum absolute atomic E-state index is 4.65. The molecule has 0 spiro atoms. The zero-order chi connectivity index (χ0) is 21.4. The summed E-state index contributed by atoms with van der Waals surface area (Å²) in [5, 5.41) is 11.1. The summed E-state index contributed by atoms with van der Waals surface area (Å²) in [6.45, 7) is 7.42. The minimum atomic E-state index is 0.532. The van der Waals surface area contributed by atoms with E-state index in [1.165, 1.54) is 36.0 Å². The normalized spacial score (nSPS) is 15.9. The lowest BCUT2D eigenvalue weighted by molar-refractivity contribution is 0.482. The number of aromatic amines is 1. The van der Waals surface area contributed by atoms with Crippen LogP contribution in [0.5, 0.6) is 0 Å². The van der Waals surface area contributed by atoms with Gasteiger partial charge in [0.2, 0.25) is 0 Å². The van der Waals surface area contributed by atoms with Crippen LogP contribution in [0.3, 0.4) is 0 Å². The summed E-state index contributed by atoms with van der Waals surface area (Å²) in [4.78, 5) is 9.18. The van der Waals surface area contributed by atoms with Gasteiger partial charge in [0.05, 0.1) is 17.7 Å². The molecule has 1 aliphatic rings. The molecule has 0 fully saturated rings. The molecule has 1 aliphatic carbocycles. The molecule has 158 valence electrons. The number of aromatic nitrogens is 6. The Labute approximate surface area is 182 Å². The van der Waals surface area contributed by atoms with Crippen molar-refractivity contribution in [2.75, 3.05) is 0 Å². The Morgan fingerprint density at radius 3 is 2.81 bits per heavy atom. The van der Waals surface area contributed by atoms with Gasteiger partial charge in [-0.25, -0.2) is 4.98 Å². The quantitative estimate of drug-likeness (QED) is 0.484. The van der Waals surface area contributed by atoms with Gasteiger partial charge in [-0.2, -0.15) is 15.4 Å². The number of imidazole rings is 1. The highest BCUT2D eigenvalue weighted by Crippen LogP contribution is 2.35. The van der Waals surface area contributed by atoms with Gasteiger partial charge in [0.25, 0.3) is 0 Å². The van der Waals surface area contributed by atoms with Crippen LogP contribution >= 0.6 is 0 Å². The Hall–Kier alpha value is -3.28. The van der Waals surface area contributed by atoms with Crippen molar-refractivity contribution < 1.29 is 0 Å². The fourth-order valence-electron chi connectivity index (χ4n) is 4.61. The third-order valence-corrected chi connectivity index (χ3v) is 6.35. The van der Waals surface area contributed by atoms with Crippen LogP contribution < -0.4 is 0 Å². The summed E-state index contributed by atoms with van der Waals surface area (Å²) >= 11 is 0. The van der Waals surface area contributed by atoms with Crippen LogP contribution in [0.4, 0.5) is 0 Å². The van der Waals surface area contributed by atoms with E-state index in [-0.39, 0.29) is 0 Å². The molecule has 1 atom stereocenters. The maximum Gasteiger partial charge on any atom is 0.115 e. The average Bonchev–Trinajstić information content (AvgIpc) is 3.43. The Balaban J connectivity index is 1.38. The fraction of sp³-hybridized carbons (Fsp3) is 0.360. The first kappa shape index (κ1) is 19.7. The third-order valence-electron chi connectivity index (χ3n) is 6.35. The number of benzene rings is 1. The molecule has 4 aromatic rings. The molecular formula is C25H28N6. The van der Waals surface area contributed by atoms with Gasteiger partial charge in [-0.15, -0.1) is 0 Å². The number of nitrogens with zero attached hydrogens (tertiary/aromatic N) is 5. The number of hydrogen-bond acceptors (Lipinski definition) is 4. The van der Waals surface area contributed by atoms with E-state index in [0.29, 0.717) is 11.8 Å². The van der Waals surface area contributed by atoms with Crippen LogP contribution in [0.15, 0.2) is 49.1 Å². The summed E-state index contributed by atoms with van der Waals surface area (Å²) in [5.74, 6) is 1.11. The number of H-pyrrole nitrogens is 1. The van der Waals surface area contributed by atoms with Gasteiger partial charge in [0.1, 0.15) is 11.4 Å². The van der Waals surface area contributed by atoms with Crippen molar-refractivity contribution in [3.63, 3.8) is 0 Å². The van der Waals surface area contributed by atoms with E-state index >= 15 is 0 Å². The van der Waals surface area contributed by atoms with Crippen molar-refractivity contribution in [2.45, 2.75) is 58.4 Å². The van der Waals surface area contributed by atoms with Crippen molar-refractivity contribution >= 4 is 0 Å². The lowest BCUT2D eigenvalue weighted by Gasteiger charge is -2.27. The molecule has 1 aromatic carbocycles. The highest BCUT2D eigenvalue weighted by atomic mass is 15.3. The monoisotopic (exact) mass is 412 g/mol. The van der Waals surface area contributed by atoms with Gasteiger partial charge in [-0.05, 0) is 60.9 Å². The van der Waals surface area contributed by atoms with E-state index in [1.54, 1.807) is 0 Å². The van der Waals surface area contributed by atoms with Gasteiger partial charge in [-0.3, -0.25) is 4.98 Å². The van der Waals surface area contributed by atoms with Crippen molar-refractivity contribution in [1.82, 2.24) is 29.9 Å². The van der Waals surface area contributed by atoms with E-state index in [1.807, 2.05) is 31.6 Å². The van der Waals surface area contributed by atoms with E-state index in [9.17, 15) is 0 Å². The van der Waals surface area contributed by atoms with Crippen molar-refractivity contribution in [3.05, 3.63) is 71.4 Å². The van der Waals surface area contributed by atoms with Gasteiger partial charge in [0.15, 0.2) is 0 Å². The van der Waals surface area contributed by atoms with E-state index in [0.717, 1.165) is 34.9 Å². The van der Waals surface area contributed by atoms with E-state index < -0.39 is 0 Å². The van der Waals surface area contributed by atoms with Gasteiger partial charge in [0, 0.05) is 30.4 Å². The summed E-state index contributed by atoms with van der Waals surface area (Å²) < 4.78 is 2.21. The molecule has 0 saturated carbocycles. The van der Waals surface area contributed by atoms with Gasteiger partial charge in [-0.1, -0.05) is 32.0 Å². The molecule has 6 nitrogen and oxygen atoms in total. The van der Waals surface area contributed by atoms with Crippen molar-refractivity contribution in [3.8, 4) is 22.6 Å². The van der Waals surface area contributed by atoms with Gasteiger partial charge < -0.3 is 4.57 Å². The van der Waals surface area contributed by atoms with Gasteiger partial charge >= 0.3 is 0 Å². The predicted octanol–water partition coefficient (Wildman–Crippen LogP) is 5.28. The lowest BCUT2D eigenvalue weighted by Crippen LogP contribution is -2.15. The van der Waals surface area contributed by atoms with Crippen molar-refractivity contribution in [2.24, 2.45) is 0 Å². The molecule has 5 rings (SSSR count). The average molecular weight is 413 g/mol. The second-order valence-corrected chi connectivity index (χ2v) is 8.85. The molecule has 3 aromatic heterocycles. The lowest BCUT2D eigenvalue weighted by atomic mass is 9.81. The summed E-state index contributed by atoms with van der Waals surface area (Å²) in [5.41, 5.74) is 8.93. The number of nitrogens with one attached hydrogen (secondary N) is 1. The molecule has 1 N–H and O–H groups in total. The second kappa shape index (κ2) is 8.10. The molecule has 0 unspecified atom stereocenters. The number of aryl methyl sites for hydroxylation is 2. The zero-order valence-electron chi connectivity index (χ0n) is 18.3. The summed E-state index contributed by atoms with van der Waals surface area (Å²) in [6.07, 6.45) is 9.52. The van der Waals surface area contributed by atoms with E-state index in [2.05, 4.69) is 68.2 Å². The van der Waals surface area contributed by atoms with Crippen LogP contribution in [0.1, 0.15) is 60.9 Å². The highest BCUT2D eigenvalue weighted by molar-refractivity contribution is 5.67. The van der Waals surface area contributed by atoms with Crippen LogP contribution in [0, 0.1) is 6.92 Å². The molecule has 0 radical (unpaired) electrons. The molecule has 0 bridgehead atoms. The maximum atomic E-state index is 4.65. The van der Waals surface area contributed by atoms with Crippen LogP contribution in [-0.4, -0.2) is 29.9 Å². The second-order valence-electron chi connectivity index (χ2n) is 8.85. The number of fused-ring (bicyclic) bond motifs is 1.